The minimum Gasteiger partial charge on any atom is -0.371 e. The van der Waals surface area contributed by atoms with Crippen LogP contribution in [0.2, 0.25) is 0 Å². The average Bonchev–Trinajstić information content (AvgIpc) is 2.88. The van der Waals surface area contributed by atoms with Crippen LogP contribution in [0.4, 0.5) is 13.2 Å². The van der Waals surface area contributed by atoms with Gasteiger partial charge < -0.3 is 4.74 Å². The van der Waals surface area contributed by atoms with Gasteiger partial charge in [-0.3, -0.25) is 4.57 Å². The van der Waals surface area contributed by atoms with Gasteiger partial charge in [0, 0.05) is 18.1 Å². The van der Waals surface area contributed by atoms with Crippen LogP contribution in [0.15, 0.2) is 35.7 Å². The SMILES string of the molecule is Cc1cccc(-n2ccnc2SCCOCC(F)(F)F)c1C. The standard InChI is InChI=1S/C15H17F3N2OS/c1-11-4-3-5-13(12(11)2)20-7-6-19-14(20)22-9-8-21-10-15(16,17)18/h3-7H,8-10H2,1-2H3. The Bertz CT molecular complexity index is 625. The maximum Gasteiger partial charge on any atom is 0.411 e. The Balaban J connectivity index is 1.97. The predicted octanol–water partition coefficient (Wildman–Crippen LogP) is 4.16. The molecule has 1 heterocycles. The fourth-order valence-electron chi connectivity index (χ4n) is 1.96. The maximum atomic E-state index is 12.0. The monoisotopic (exact) mass is 330 g/mol. The van der Waals surface area contributed by atoms with Gasteiger partial charge in [-0.05, 0) is 31.0 Å². The number of ether oxygens (including phenoxy) is 1. The van der Waals surface area contributed by atoms with E-state index in [9.17, 15) is 13.2 Å². The minimum atomic E-state index is -4.28. The lowest BCUT2D eigenvalue weighted by Crippen LogP contribution is -2.18. The molecule has 3 nitrogen and oxygen atoms in total. The molecule has 0 unspecified atom stereocenters. The Morgan fingerprint density at radius 1 is 1.27 bits per heavy atom. The second-order valence-corrected chi connectivity index (χ2v) is 5.88. The Labute approximate surface area is 131 Å². The van der Waals surface area contributed by atoms with E-state index < -0.39 is 12.8 Å². The first-order valence-corrected chi connectivity index (χ1v) is 7.74. The quantitative estimate of drug-likeness (QED) is 0.588. The molecule has 0 aliphatic rings. The highest BCUT2D eigenvalue weighted by Gasteiger charge is 2.27. The molecule has 0 N–H and O–H groups in total. The number of rotatable bonds is 6. The first kappa shape index (κ1) is 16.9. The Hall–Kier alpha value is -1.47. The van der Waals surface area contributed by atoms with E-state index in [1.54, 1.807) is 6.20 Å². The number of hydrogen-bond donors (Lipinski definition) is 0. The van der Waals surface area contributed by atoms with Crippen molar-refractivity contribution in [1.82, 2.24) is 9.55 Å². The van der Waals surface area contributed by atoms with Gasteiger partial charge in [-0.1, -0.05) is 23.9 Å². The van der Waals surface area contributed by atoms with Gasteiger partial charge in [-0.15, -0.1) is 0 Å². The Morgan fingerprint density at radius 2 is 2.05 bits per heavy atom. The number of thioether (sulfide) groups is 1. The summed E-state index contributed by atoms with van der Waals surface area (Å²) in [6.45, 7) is 2.89. The lowest BCUT2D eigenvalue weighted by Gasteiger charge is -2.12. The van der Waals surface area contributed by atoms with Crippen molar-refractivity contribution in [3.63, 3.8) is 0 Å². The van der Waals surface area contributed by atoms with Crippen molar-refractivity contribution in [2.24, 2.45) is 0 Å². The number of halogens is 3. The van der Waals surface area contributed by atoms with E-state index >= 15 is 0 Å². The zero-order valence-corrected chi connectivity index (χ0v) is 13.2. The van der Waals surface area contributed by atoms with Crippen LogP contribution in [0.1, 0.15) is 11.1 Å². The molecule has 0 radical (unpaired) electrons. The van der Waals surface area contributed by atoms with Crippen LogP contribution in [0.5, 0.6) is 0 Å². The Kier molecular flexibility index (Phi) is 5.52. The van der Waals surface area contributed by atoms with Crippen molar-refractivity contribution < 1.29 is 17.9 Å². The van der Waals surface area contributed by atoms with Crippen LogP contribution in [0.25, 0.3) is 5.69 Å². The molecule has 0 bridgehead atoms. The second kappa shape index (κ2) is 7.19. The molecule has 22 heavy (non-hydrogen) atoms. The van der Waals surface area contributed by atoms with Crippen LogP contribution in [0.3, 0.4) is 0 Å². The highest BCUT2D eigenvalue weighted by Crippen LogP contribution is 2.24. The fourth-order valence-corrected chi connectivity index (χ4v) is 2.77. The predicted molar refractivity (Wildman–Crippen MR) is 80.6 cm³/mol. The molecule has 7 heteroatoms. The van der Waals surface area contributed by atoms with Crippen LogP contribution in [-0.2, 0) is 4.74 Å². The third-order valence-corrected chi connectivity index (χ3v) is 4.10. The number of nitrogens with zero attached hydrogens (tertiary/aromatic N) is 2. The molecule has 1 aromatic carbocycles. The molecule has 2 rings (SSSR count). The molecular formula is C15H17F3N2OS. The summed E-state index contributed by atoms with van der Waals surface area (Å²) in [5.74, 6) is 0.415. The van der Waals surface area contributed by atoms with Gasteiger partial charge in [-0.25, -0.2) is 4.98 Å². The smallest absolute Gasteiger partial charge is 0.371 e. The van der Waals surface area contributed by atoms with Gasteiger partial charge in [0.1, 0.15) is 6.61 Å². The zero-order chi connectivity index (χ0) is 16.2. The first-order chi connectivity index (χ1) is 10.4. The molecule has 120 valence electrons. The topological polar surface area (TPSA) is 27.1 Å². The largest absolute Gasteiger partial charge is 0.411 e. The van der Waals surface area contributed by atoms with Gasteiger partial charge in [0.05, 0.1) is 12.3 Å². The molecule has 0 saturated carbocycles. The van der Waals surface area contributed by atoms with Gasteiger partial charge >= 0.3 is 6.18 Å². The Morgan fingerprint density at radius 3 is 2.77 bits per heavy atom. The average molecular weight is 330 g/mol. The molecule has 0 saturated heterocycles. The third kappa shape index (κ3) is 4.51. The summed E-state index contributed by atoms with van der Waals surface area (Å²) < 4.78 is 42.5. The van der Waals surface area contributed by atoms with E-state index in [2.05, 4.69) is 9.72 Å². The first-order valence-electron chi connectivity index (χ1n) is 6.76. The molecule has 0 aliphatic carbocycles. The van der Waals surface area contributed by atoms with Crippen LogP contribution >= 0.6 is 11.8 Å². The second-order valence-electron chi connectivity index (χ2n) is 4.82. The summed E-state index contributed by atoms with van der Waals surface area (Å²) in [6.07, 6.45) is -0.747. The summed E-state index contributed by atoms with van der Waals surface area (Å²) in [6, 6.07) is 6.00. The number of hydrogen-bond acceptors (Lipinski definition) is 3. The molecular weight excluding hydrogens is 313 g/mol. The van der Waals surface area contributed by atoms with Crippen molar-refractivity contribution in [3.8, 4) is 5.69 Å². The van der Waals surface area contributed by atoms with Crippen LogP contribution in [0, 0.1) is 13.8 Å². The fraction of sp³-hybridized carbons (Fsp3) is 0.400. The molecule has 0 spiro atoms. The van der Waals surface area contributed by atoms with Gasteiger partial charge in [-0.2, -0.15) is 13.2 Å². The number of alkyl halides is 3. The molecule has 0 amide bonds. The van der Waals surface area contributed by atoms with E-state index in [-0.39, 0.29) is 6.61 Å². The number of benzene rings is 1. The number of aryl methyl sites for hydroxylation is 1. The molecule has 0 aliphatic heterocycles. The lowest BCUT2D eigenvalue weighted by molar-refractivity contribution is -0.172. The van der Waals surface area contributed by atoms with Crippen molar-refractivity contribution in [1.29, 1.82) is 0 Å². The summed E-state index contributed by atoms with van der Waals surface area (Å²) in [5.41, 5.74) is 3.35. The lowest BCUT2D eigenvalue weighted by atomic mass is 10.1. The van der Waals surface area contributed by atoms with Crippen LogP contribution in [-0.4, -0.2) is 34.7 Å². The maximum absolute atomic E-state index is 12.0. The van der Waals surface area contributed by atoms with E-state index in [1.807, 2.05) is 42.8 Å². The number of aromatic nitrogens is 2. The zero-order valence-electron chi connectivity index (χ0n) is 12.4. The van der Waals surface area contributed by atoms with Crippen molar-refractivity contribution >= 4 is 11.8 Å². The summed E-state index contributed by atoms with van der Waals surface area (Å²) in [5, 5.41) is 0.740. The molecule has 0 atom stereocenters. The van der Waals surface area contributed by atoms with E-state index in [0.29, 0.717) is 5.75 Å². The van der Waals surface area contributed by atoms with Crippen molar-refractivity contribution in [2.45, 2.75) is 25.2 Å². The van der Waals surface area contributed by atoms with Gasteiger partial charge in [0.25, 0.3) is 0 Å². The molecule has 1 aromatic heterocycles. The van der Waals surface area contributed by atoms with E-state index in [0.717, 1.165) is 16.4 Å². The normalized spacial score (nSPS) is 11.9. The highest BCUT2D eigenvalue weighted by molar-refractivity contribution is 7.99. The van der Waals surface area contributed by atoms with Crippen molar-refractivity contribution in [3.05, 3.63) is 41.7 Å². The van der Waals surface area contributed by atoms with E-state index in [1.165, 1.54) is 17.3 Å². The molecule has 0 fully saturated rings. The van der Waals surface area contributed by atoms with Crippen molar-refractivity contribution in [2.75, 3.05) is 19.0 Å². The van der Waals surface area contributed by atoms with Gasteiger partial charge in [0.15, 0.2) is 5.16 Å². The highest BCUT2D eigenvalue weighted by atomic mass is 32.2. The summed E-state index contributed by atoms with van der Waals surface area (Å²) >= 11 is 1.37. The number of imidazole rings is 1. The summed E-state index contributed by atoms with van der Waals surface area (Å²) in [4.78, 5) is 4.26. The summed E-state index contributed by atoms with van der Waals surface area (Å²) in [7, 11) is 0. The van der Waals surface area contributed by atoms with Gasteiger partial charge in [0.2, 0.25) is 0 Å². The van der Waals surface area contributed by atoms with E-state index in [4.69, 9.17) is 0 Å². The minimum absolute atomic E-state index is 0.0316. The molecule has 2 aromatic rings. The van der Waals surface area contributed by atoms with Crippen LogP contribution < -0.4 is 0 Å². The third-order valence-electron chi connectivity index (χ3n) is 3.17.